The van der Waals surface area contributed by atoms with Crippen LogP contribution < -0.4 is 14.8 Å². The van der Waals surface area contributed by atoms with Crippen LogP contribution in [0.1, 0.15) is 17.5 Å². The van der Waals surface area contributed by atoms with Crippen molar-refractivity contribution in [2.24, 2.45) is 0 Å². The molecule has 0 spiro atoms. The Bertz CT molecular complexity index is 735. The van der Waals surface area contributed by atoms with Gasteiger partial charge in [-0.2, -0.15) is 11.8 Å². The van der Waals surface area contributed by atoms with Crippen molar-refractivity contribution in [3.63, 3.8) is 0 Å². The van der Waals surface area contributed by atoms with Gasteiger partial charge in [-0.1, -0.05) is 29.3 Å². The molecule has 2 aromatic carbocycles. The molecule has 6 heteroatoms. The number of carbonyl (C=O) groups excluding carboxylic acids is 1. The summed E-state index contributed by atoms with van der Waals surface area (Å²) in [6.45, 7) is 4.58. The van der Waals surface area contributed by atoms with Gasteiger partial charge in [-0.05, 0) is 49.8 Å². The van der Waals surface area contributed by atoms with Gasteiger partial charge in [-0.25, -0.2) is 0 Å². The Morgan fingerprint density at radius 1 is 1.19 bits per heavy atom. The van der Waals surface area contributed by atoms with Gasteiger partial charge < -0.3 is 14.8 Å². The molecule has 2 rings (SSSR count). The summed E-state index contributed by atoms with van der Waals surface area (Å²) in [7, 11) is 1.56. The Morgan fingerprint density at radius 2 is 1.92 bits per heavy atom. The van der Waals surface area contributed by atoms with Crippen LogP contribution >= 0.6 is 23.4 Å². The number of hydrogen-bond donors (Lipinski definition) is 1. The van der Waals surface area contributed by atoms with Crippen molar-refractivity contribution in [1.29, 1.82) is 0 Å². The smallest absolute Gasteiger partial charge is 0.234 e. The van der Waals surface area contributed by atoms with Crippen LogP contribution in [0.5, 0.6) is 11.5 Å². The average Bonchev–Trinajstić information content (AvgIpc) is 2.62. The average molecular weight is 394 g/mol. The lowest BCUT2D eigenvalue weighted by molar-refractivity contribution is -0.113. The van der Waals surface area contributed by atoms with E-state index in [-0.39, 0.29) is 5.91 Å². The molecule has 0 atom stereocenters. The second-order valence-electron chi connectivity index (χ2n) is 5.92. The van der Waals surface area contributed by atoms with E-state index >= 15 is 0 Å². The summed E-state index contributed by atoms with van der Waals surface area (Å²) in [6, 6.07) is 11.5. The van der Waals surface area contributed by atoms with Crippen molar-refractivity contribution in [2.75, 3.05) is 30.5 Å². The zero-order valence-electron chi connectivity index (χ0n) is 15.3. The van der Waals surface area contributed by atoms with E-state index in [0.29, 0.717) is 28.8 Å². The number of aryl methyl sites for hydroxylation is 2. The van der Waals surface area contributed by atoms with E-state index in [4.69, 9.17) is 21.1 Å². The van der Waals surface area contributed by atoms with Crippen LogP contribution in [-0.2, 0) is 4.79 Å². The van der Waals surface area contributed by atoms with E-state index < -0.39 is 0 Å². The molecule has 0 bridgehead atoms. The first-order chi connectivity index (χ1) is 12.5. The van der Waals surface area contributed by atoms with Gasteiger partial charge in [-0.3, -0.25) is 4.79 Å². The zero-order valence-corrected chi connectivity index (χ0v) is 16.9. The van der Waals surface area contributed by atoms with Gasteiger partial charge in [0.15, 0.2) is 0 Å². The molecular formula is C20H24ClNO3S. The Balaban J connectivity index is 1.67. The molecule has 140 valence electrons. The van der Waals surface area contributed by atoms with Crippen LogP contribution in [0.4, 0.5) is 5.69 Å². The summed E-state index contributed by atoms with van der Waals surface area (Å²) in [5, 5.41) is 3.49. The highest BCUT2D eigenvalue weighted by atomic mass is 35.5. The lowest BCUT2D eigenvalue weighted by Gasteiger charge is -2.12. The Kier molecular flexibility index (Phi) is 8.13. The molecule has 0 radical (unpaired) electrons. The maximum Gasteiger partial charge on any atom is 0.234 e. The number of carbonyl (C=O) groups is 1. The third-order valence-electron chi connectivity index (χ3n) is 3.71. The number of methoxy groups -OCH3 is 1. The zero-order chi connectivity index (χ0) is 18.9. The van der Waals surface area contributed by atoms with Gasteiger partial charge in [-0.15, -0.1) is 0 Å². The first-order valence-corrected chi connectivity index (χ1v) is 9.94. The molecule has 2 aromatic rings. The van der Waals surface area contributed by atoms with Crippen molar-refractivity contribution in [1.82, 2.24) is 0 Å². The second-order valence-corrected chi connectivity index (χ2v) is 7.43. The van der Waals surface area contributed by atoms with Crippen LogP contribution in [0, 0.1) is 13.8 Å². The van der Waals surface area contributed by atoms with E-state index in [1.54, 1.807) is 24.9 Å². The third-order valence-corrected chi connectivity index (χ3v) is 5.16. The molecular weight excluding hydrogens is 370 g/mol. The molecule has 0 saturated heterocycles. The summed E-state index contributed by atoms with van der Waals surface area (Å²) < 4.78 is 10.9. The molecule has 26 heavy (non-hydrogen) atoms. The number of amides is 1. The molecule has 4 nitrogen and oxygen atoms in total. The highest BCUT2D eigenvalue weighted by Gasteiger charge is 2.10. The van der Waals surface area contributed by atoms with Gasteiger partial charge in [0.25, 0.3) is 0 Å². The standard InChI is InChI=1S/C20H24ClNO3S/c1-14-5-7-16(8-6-14)25-9-4-10-26-13-20(23)22-18-11-15(2)17(21)12-19(18)24-3/h5-8,11-12H,4,9-10,13H2,1-3H3,(H,22,23). The van der Waals surface area contributed by atoms with Crippen LogP contribution in [-0.4, -0.2) is 31.1 Å². The largest absolute Gasteiger partial charge is 0.495 e. The molecule has 0 aliphatic heterocycles. The van der Waals surface area contributed by atoms with Crippen molar-refractivity contribution in [2.45, 2.75) is 20.3 Å². The molecule has 0 fully saturated rings. The van der Waals surface area contributed by atoms with Gasteiger partial charge >= 0.3 is 0 Å². The number of halogens is 1. The minimum absolute atomic E-state index is 0.0607. The van der Waals surface area contributed by atoms with Crippen molar-refractivity contribution in [3.8, 4) is 11.5 Å². The molecule has 0 heterocycles. The second kappa shape index (κ2) is 10.3. The van der Waals surface area contributed by atoms with Crippen LogP contribution in [0.2, 0.25) is 5.02 Å². The molecule has 0 aliphatic carbocycles. The van der Waals surface area contributed by atoms with Crippen LogP contribution in [0.3, 0.4) is 0 Å². The number of hydrogen-bond acceptors (Lipinski definition) is 4. The normalized spacial score (nSPS) is 10.5. The number of anilines is 1. The minimum Gasteiger partial charge on any atom is -0.495 e. The Morgan fingerprint density at radius 3 is 2.62 bits per heavy atom. The summed E-state index contributed by atoms with van der Waals surface area (Å²) >= 11 is 7.66. The molecule has 1 N–H and O–H groups in total. The monoisotopic (exact) mass is 393 g/mol. The van der Waals surface area contributed by atoms with Crippen LogP contribution in [0.15, 0.2) is 36.4 Å². The van der Waals surface area contributed by atoms with E-state index in [1.165, 1.54) is 5.56 Å². The molecule has 1 amide bonds. The number of nitrogens with one attached hydrogen (secondary N) is 1. The number of benzene rings is 2. The van der Waals surface area contributed by atoms with Gasteiger partial charge in [0.05, 0.1) is 25.2 Å². The fraction of sp³-hybridized carbons (Fsp3) is 0.350. The minimum atomic E-state index is -0.0607. The molecule has 0 aromatic heterocycles. The number of rotatable bonds is 9. The highest BCUT2D eigenvalue weighted by Crippen LogP contribution is 2.31. The van der Waals surface area contributed by atoms with Gasteiger partial charge in [0.2, 0.25) is 5.91 Å². The van der Waals surface area contributed by atoms with Crippen molar-refractivity contribution in [3.05, 3.63) is 52.5 Å². The number of ether oxygens (including phenoxy) is 2. The van der Waals surface area contributed by atoms with Crippen LogP contribution in [0.25, 0.3) is 0 Å². The first kappa shape index (κ1) is 20.5. The number of thioether (sulfide) groups is 1. The summed E-state index contributed by atoms with van der Waals surface area (Å²) in [4.78, 5) is 12.1. The Hall–Kier alpha value is -1.85. The maximum absolute atomic E-state index is 12.1. The van der Waals surface area contributed by atoms with Gasteiger partial charge in [0.1, 0.15) is 11.5 Å². The predicted molar refractivity (Wildman–Crippen MR) is 110 cm³/mol. The lowest BCUT2D eigenvalue weighted by atomic mass is 10.2. The summed E-state index contributed by atoms with van der Waals surface area (Å²) in [6.07, 6.45) is 0.884. The van der Waals surface area contributed by atoms with E-state index in [9.17, 15) is 4.79 Å². The SMILES string of the molecule is COc1cc(Cl)c(C)cc1NC(=O)CSCCCOc1ccc(C)cc1. The quantitative estimate of drug-likeness (QED) is 0.601. The molecule has 0 saturated carbocycles. The maximum atomic E-state index is 12.1. The fourth-order valence-electron chi connectivity index (χ4n) is 2.27. The van der Waals surface area contributed by atoms with Gasteiger partial charge in [0, 0.05) is 11.1 Å². The predicted octanol–water partition coefficient (Wildman–Crippen LogP) is 5.11. The third kappa shape index (κ3) is 6.46. The molecule has 0 aliphatic rings. The topological polar surface area (TPSA) is 47.6 Å². The van der Waals surface area contributed by atoms with Crippen molar-refractivity contribution >= 4 is 35.0 Å². The van der Waals surface area contributed by atoms with E-state index in [2.05, 4.69) is 5.32 Å². The lowest BCUT2D eigenvalue weighted by Crippen LogP contribution is -2.15. The summed E-state index contributed by atoms with van der Waals surface area (Å²) in [5.74, 6) is 2.62. The van der Waals surface area contributed by atoms with E-state index in [1.807, 2.05) is 44.2 Å². The summed E-state index contributed by atoms with van der Waals surface area (Å²) in [5.41, 5.74) is 2.75. The molecule has 0 unspecified atom stereocenters. The first-order valence-electron chi connectivity index (χ1n) is 8.41. The fourth-order valence-corrected chi connectivity index (χ4v) is 3.14. The Labute approximate surface area is 164 Å². The van der Waals surface area contributed by atoms with E-state index in [0.717, 1.165) is 23.5 Å². The van der Waals surface area contributed by atoms with Crippen molar-refractivity contribution < 1.29 is 14.3 Å². The highest BCUT2D eigenvalue weighted by molar-refractivity contribution is 7.99.